The van der Waals surface area contributed by atoms with E-state index in [1.807, 2.05) is 13.8 Å². The largest absolute Gasteiger partial charge is 0.480 e. The number of nitrogens with two attached hydrogens (primary N) is 1. The van der Waals surface area contributed by atoms with Crippen LogP contribution in [0.4, 0.5) is 4.39 Å². The van der Waals surface area contributed by atoms with Gasteiger partial charge in [-0.25, -0.2) is 4.39 Å². The number of aliphatic carboxylic acids is 1. The average Bonchev–Trinajstić information content (AvgIpc) is 2.28. The fourth-order valence-corrected chi connectivity index (χ4v) is 1.86. The van der Waals surface area contributed by atoms with Crippen molar-refractivity contribution in [3.05, 3.63) is 35.6 Å². The molecule has 0 saturated carbocycles. The Bertz CT molecular complexity index is 395. The van der Waals surface area contributed by atoms with E-state index in [1.165, 1.54) is 6.07 Å². The summed E-state index contributed by atoms with van der Waals surface area (Å²) in [6.07, 6.45) is 0.338. The minimum Gasteiger partial charge on any atom is -0.480 e. The minimum atomic E-state index is -1.02. The Morgan fingerprint density at radius 1 is 1.41 bits per heavy atom. The average molecular weight is 239 g/mol. The predicted octanol–water partition coefficient (Wildman–Crippen LogP) is 2.37. The van der Waals surface area contributed by atoms with E-state index in [4.69, 9.17) is 10.8 Å². The number of carbonyl (C=O) groups is 1. The molecule has 0 saturated heterocycles. The highest BCUT2D eigenvalue weighted by Gasteiger charge is 2.22. The molecule has 0 bridgehead atoms. The number of carboxylic acids is 1. The summed E-state index contributed by atoms with van der Waals surface area (Å²) in [5, 5.41) is 8.74. The first kappa shape index (κ1) is 13.6. The number of halogens is 1. The number of hydrogen-bond donors (Lipinski definition) is 2. The van der Waals surface area contributed by atoms with Gasteiger partial charge in [0.15, 0.2) is 0 Å². The zero-order chi connectivity index (χ0) is 13.0. The van der Waals surface area contributed by atoms with Gasteiger partial charge in [-0.1, -0.05) is 32.0 Å². The first-order valence-corrected chi connectivity index (χ1v) is 5.66. The summed E-state index contributed by atoms with van der Waals surface area (Å²) in [6, 6.07) is 5.66. The molecule has 3 nitrogen and oxygen atoms in total. The van der Waals surface area contributed by atoms with Crippen molar-refractivity contribution >= 4 is 5.97 Å². The molecule has 3 unspecified atom stereocenters. The molecule has 0 spiro atoms. The van der Waals surface area contributed by atoms with Crippen molar-refractivity contribution in [1.82, 2.24) is 0 Å². The van der Waals surface area contributed by atoms with E-state index in [9.17, 15) is 9.18 Å². The predicted molar refractivity (Wildman–Crippen MR) is 64.2 cm³/mol. The molecular formula is C13H18FNO2. The van der Waals surface area contributed by atoms with Crippen LogP contribution in [0, 0.1) is 11.7 Å². The normalized spacial score (nSPS) is 16.2. The van der Waals surface area contributed by atoms with Crippen LogP contribution in [0.15, 0.2) is 24.3 Å². The highest BCUT2D eigenvalue weighted by Crippen LogP contribution is 2.28. The van der Waals surface area contributed by atoms with Crippen LogP contribution in [-0.2, 0) is 4.79 Å². The maximum Gasteiger partial charge on any atom is 0.320 e. The molecule has 17 heavy (non-hydrogen) atoms. The van der Waals surface area contributed by atoms with Gasteiger partial charge in [-0.15, -0.1) is 0 Å². The van der Waals surface area contributed by atoms with E-state index in [0.29, 0.717) is 12.0 Å². The quantitative estimate of drug-likeness (QED) is 0.829. The Balaban J connectivity index is 2.73. The molecule has 0 heterocycles. The summed E-state index contributed by atoms with van der Waals surface area (Å²) >= 11 is 0. The second kappa shape index (κ2) is 5.77. The van der Waals surface area contributed by atoms with Gasteiger partial charge in [0, 0.05) is 0 Å². The lowest BCUT2D eigenvalue weighted by Gasteiger charge is -2.22. The Morgan fingerprint density at radius 3 is 2.53 bits per heavy atom. The Hall–Kier alpha value is -1.42. The molecule has 94 valence electrons. The second-order valence-electron chi connectivity index (χ2n) is 4.47. The van der Waals surface area contributed by atoms with Crippen molar-refractivity contribution in [2.75, 3.05) is 0 Å². The summed E-state index contributed by atoms with van der Waals surface area (Å²) in [6.45, 7) is 3.78. The van der Waals surface area contributed by atoms with Crippen LogP contribution in [-0.4, -0.2) is 17.1 Å². The molecule has 0 radical (unpaired) electrons. The Labute approximate surface area is 100 Å². The molecule has 0 aliphatic carbocycles. The monoisotopic (exact) mass is 239 g/mol. The van der Waals surface area contributed by atoms with Crippen LogP contribution in [0.5, 0.6) is 0 Å². The fraction of sp³-hybridized carbons (Fsp3) is 0.462. The van der Waals surface area contributed by atoms with E-state index >= 15 is 0 Å². The van der Waals surface area contributed by atoms with Gasteiger partial charge in [-0.05, 0) is 29.9 Å². The topological polar surface area (TPSA) is 63.3 Å². The molecule has 3 atom stereocenters. The van der Waals surface area contributed by atoms with Crippen LogP contribution in [0.25, 0.3) is 0 Å². The van der Waals surface area contributed by atoms with Gasteiger partial charge < -0.3 is 10.8 Å². The highest BCUT2D eigenvalue weighted by atomic mass is 19.1. The van der Waals surface area contributed by atoms with Crippen LogP contribution in [0.1, 0.15) is 31.7 Å². The summed E-state index contributed by atoms with van der Waals surface area (Å²) < 4.78 is 13.5. The number of rotatable bonds is 5. The van der Waals surface area contributed by atoms with Crippen molar-refractivity contribution < 1.29 is 14.3 Å². The van der Waals surface area contributed by atoms with Crippen LogP contribution in [0.3, 0.4) is 0 Å². The lowest BCUT2D eigenvalue weighted by Crippen LogP contribution is -2.32. The molecule has 0 fully saturated rings. The van der Waals surface area contributed by atoms with Crippen LogP contribution >= 0.6 is 0 Å². The minimum absolute atomic E-state index is 0.0120. The summed E-state index contributed by atoms with van der Waals surface area (Å²) in [4.78, 5) is 10.7. The first-order valence-electron chi connectivity index (χ1n) is 5.66. The van der Waals surface area contributed by atoms with Gasteiger partial charge in [-0.3, -0.25) is 4.79 Å². The van der Waals surface area contributed by atoms with E-state index < -0.39 is 12.0 Å². The zero-order valence-corrected chi connectivity index (χ0v) is 10.1. The van der Waals surface area contributed by atoms with Crippen molar-refractivity contribution in [3.63, 3.8) is 0 Å². The molecule has 3 N–H and O–H groups in total. The lowest BCUT2D eigenvalue weighted by atomic mass is 9.84. The third-order valence-electron chi connectivity index (χ3n) is 3.19. The molecule has 1 aromatic carbocycles. The van der Waals surface area contributed by atoms with Crippen molar-refractivity contribution in [2.45, 2.75) is 32.2 Å². The molecule has 1 aromatic rings. The zero-order valence-electron chi connectivity index (χ0n) is 10.1. The van der Waals surface area contributed by atoms with Gasteiger partial charge in [0.1, 0.15) is 11.9 Å². The third kappa shape index (κ3) is 3.53. The third-order valence-corrected chi connectivity index (χ3v) is 3.19. The summed E-state index contributed by atoms with van der Waals surface area (Å²) in [5.74, 6) is -1.31. The SMILES string of the molecule is CC(CC(N)C(=O)O)C(C)c1ccccc1F. The maximum atomic E-state index is 13.5. The summed E-state index contributed by atoms with van der Waals surface area (Å²) in [5.41, 5.74) is 6.09. The van der Waals surface area contributed by atoms with E-state index in [-0.39, 0.29) is 17.7 Å². The second-order valence-corrected chi connectivity index (χ2v) is 4.47. The number of carboxylic acid groups (broad SMARTS) is 1. The van der Waals surface area contributed by atoms with E-state index in [0.717, 1.165) is 0 Å². The van der Waals surface area contributed by atoms with Gasteiger partial charge in [-0.2, -0.15) is 0 Å². The molecule has 0 aliphatic rings. The molecule has 0 amide bonds. The first-order chi connectivity index (χ1) is 7.93. The van der Waals surface area contributed by atoms with Gasteiger partial charge in [0.25, 0.3) is 0 Å². The fourth-order valence-electron chi connectivity index (χ4n) is 1.86. The van der Waals surface area contributed by atoms with Gasteiger partial charge in [0.05, 0.1) is 0 Å². The molecule has 4 heteroatoms. The van der Waals surface area contributed by atoms with E-state index in [2.05, 4.69) is 0 Å². The summed E-state index contributed by atoms with van der Waals surface area (Å²) in [7, 11) is 0. The maximum absolute atomic E-state index is 13.5. The standard InChI is InChI=1S/C13H18FNO2/c1-8(7-12(15)13(16)17)9(2)10-5-3-4-6-11(10)14/h3-6,8-9,12H,7,15H2,1-2H3,(H,16,17). The number of benzene rings is 1. The molecule has 0 aromatic heterocycles. The van der Waals surface area contributed by atoms with Gasteiger partial charge in [0.2, 0.25) is 0 Å². The lowest BCUT2D eigenvalue weighted by molar-refractivity contribution is -0.138. The van der Waals surface area contributed by atoms with E-state index in [1.54, 1.807) is 18.2 Å². The number of hydrogen-bond acceptors (Lipinski definition) is 2. The molecule has 1 rings (SSSR count). The van der Waals surface area contributed by atoms with Crippen LogP contribution < -0.4 is 5.73 Å². The Kier molecular flexibility index (Phi) is 4.63. The molecule has 0 aliphatic heterocycles. The van der Waals surface area contributed by atoms with Crippen molar-refractivity contribution in [3.8, 4) is 0 Å². The van der Waals surface area contributed by atoms with Crippen LogP contribution in [0.2, 0.25) is 0 Å². The van der Waals surface area contributed by atoms with Crippen molar-refractivity contribution in [1.29, 1.82) is 0 Å². The highest BCUT2D eigenvalue weighted by molar-refractivity contribution is 5.73. The smallest absolute Gasteiger partial charge is 0.320 e. The van der Waals surface area contributed by atoms with Crippen molar-refractivity contribution in [2.24, 2.45) is 11.7 Å². The van der Waals surface area contributed by atoms with Gasteiger partial charge >= 0.3 is 5.97 Å². The Morgan fingerprint density at radius 2 is 2.00 bits per heavy atom. The molecular weight excluding hydrogens is 221 g/mol.